The third-order valence-electron chi connectivity index (χ3n) is 4.12. The molecule has 1 saturated heterocycles. The van der Waals surface area contributed by atoms with Gasteiger partial charge in [-0.25, -0.2) is 15.8 Å². The lowest BCUT2D eigenvalue weighted by molar-refractivity contribution is 0.377. The van der Waals surface area contributed by atoms with Gasteiger partial charge in [0.05, 0.1) is 6.20 Å². The van der Waals surface area contributed by atoms with E-state index in [1.807, 2.05) is 16.8 Å². The van der Waals surface area contributed by atoms with Crippen molar-refractivity contribution in [2.75, 3.05) is 23.4 Å². The fourth-order valence-electron chi connectivity index (χ4n) is 3.04. The minimum atomic E-state index is 0.668. The molecule has 108 valence electrons. The number of hydrazine groups is 1. The molecular weight excluding hydrogens is 252 g/mol. The molecule has 0 amide bonds. The summed E-state index contributed by atoms with van der Waals surface area (Å²) in [6.07, 6.45) is 10.7. The molecule has 2 aromatic heterocycles. The zero-order chi connectivity index (χ0) is 13.9. The van der Waals surface area contributed by atoms with E-state index in [-0.39, 0.29) is 0 Å². The highest BCUT2D eigenvalue weighted by molar-refractivity contribution is 5.66. The van der Waals surface area contributed by atoms with Crippen molar-refractivity contribution >= 4 is 17.3 Å². The standard InChI is InChI=1S/C14H22N6/c1-2-3-11-4-7-19(8-5-11)14-13-16-6-9-20(13)10-12(17-14)18-15/h6,9-11,18H,2-5,7-8,15H2,1H3. The minimum Gasteiger partial charge on any atom is -0.353 e. The first-order chi connectivity index (χ1) is 9.81. The largest absolute Gasteiger partial charge is 0.353 e. The monoisotopic (exact) mass is 274 g/mol. The number of nitrogens with two attached hydrogens (primary N) is 1. The van der Waals surface area contributed by atoms with Crippen molar-refractivity contribution in [2.45, 2.75) is 32.6 Å². The van der Waals surface area contributed by atoms with E-state index in [1.165, 1.54) is 25.7 Å². The van der Waals surface area contributed by atoms with Crippen molar-refractivity contribution in [2.24, 2.45) is 11.8 Å². The highest BCUT2D eigenvalue weighted by Crippen LogP contribution is 2.27. The van der Waals surface area contributed by atoms with Gasteiger partial charge >= 0.3 is 0 Å². The van der Waals surface area contributed by atoms with Gasteiger partial charge in [0.25, 0.3) is 0 Å². The molecule has 0 atom stereocenters. The van der Waals surface area contributed by atoms with Crippen molar-refractivity contribution < 1.29 is 0 Å². The molecule has 3 N–H and O–H groups in total. The van der Waals surface area contributed by atoms with Crippen molar-refractivity contribution in [3.63, 3.8) is 0 Å². The van der Waals surface area contributed by atoms with Gasteiger partial charge in [-0.1, -0.05) is 19.8 Å². The van der Waals surface area contributed by atoms with Crippen molar-refractivity contribution in [3.8, 4) is 0 Å². The van der Waals surface area contributed by atoms with Gasteiger partial charge in [0.15, 0.2) is 17.3 Å². The summed E-state index contributed by atoms with van der Waals surface area (Å²) in [5, 5.41) is 0. The molecule has 0 aliphatic carbocycles. The van der Waals surface area contributed by atoms with Crippen LogP contribution in [0.15, 0.2) is 18.6 Å². The van der Waals surface area contributed by atoms with E-state index < -0.39 is 0 Å². The lowest BCUT2D eigenvalue weighted by Gasteiger charge is -2.32. The maximum Gasteiger partial charge on any atom is 0.180 e. The van der Waals surface area contributed by atoms with E-state index in [1.54, 1.807) is 6.20 Å². The number of aromatic nitrogens is 3. The Kier molecular flexibility index (Phi) is 3.73. The van der Waals surface area contributed by atoms with E-state index in [0.717, 1.165) is 30.5 Å². The van der Waals surface area contributed by atoms with Crippen LogP contribution in [-0.2, 0) is 0 Å². The second-order valence-corrected chi connectivity index (χ2v) is 5.47. The van der Waals surface area contributed by atoms with Crippen LogP contribution in [0.4, 0.5) is 11.6 Å². The van der Waals surface area contributed by atoms with Crippen LogP contribution in [0, 0.1) is 5.92 Å². The minimum absolute atomic E-state index is 0.668. The smallest absolute Gasteiger partial charge is 0.180 e. The molecule has 1 aliphatic rings. The van der Waals surface area contributed by atoms with Crippen LogP contribution >= 0.6 is 0 Å². The van der Waals surface area contributed by atoms with Crippen molar-refractivity contribution in [3.05, 3.63) is 18.6 Å². The van der Waals surface area contributed by atoms with Crippen LogP contribution in [0.5, 0.6) is 0 Å². The van der Waals surface area contributed by atoms with Gasteiger partial charge in [-0.2, -0.15) is 0 Å². The normalized spacial score (nSPS) is 16.8. The van der Waals surface area contributed by atoms with Gasteiger partial charge in [-0.05, 0) is 18.8 Å². The molecule has 6 heteroatoms. The predicted octanol–water partition coefficient (Wildman–Crippen LogP) is 2.03. The molecule has 0 unspecified atom stereocenters. The first-order valence-corrected chi connectivity index (χ1v) is 7.37. The second-order valence-electron chi connectivity index (χ2n) is 5.47. The third-order valence-corrected chi connectivity index (χ3v) is 4.12. The molecule has 2 aromatic rings. The Morgan fingerprint density at radius 1 is 1.40 bits per heavy atom. The Labute approximate surface area is 119 Å². The molecule has 6 nitrogen and oxygen atoms in total. The first-order valence-electron chi connectivity index (χ1n) is 7.37. The van der Waals surface area contributed by atoms with Crippen LogP contribution in [0.3, 0.4) is 0 Å². The van der Waals surface area contributed by atoms with Crippen LogP contribution in [0.2, 0.25) is 0 Å². The fraction of sp³-hybridized carbons (Fsp3) is 0.571. The molecular formula is C14H22N6. The quantitative estimate of drug-likeness (QED) is 0.659. The molecule has 0 aromatic carbocycles. The number of hydrogen-bond donors (Lipinski definition) is 2. The van der Waals surface area contributed by atoms with Gasteiger partial charge < -0.3 is 14.7 Å². The number of anilines is 2. The molecule has 0 spiro atoms. The third kappa shape index (κ3) is 2.43. The second kappa shape index (κ2) is 5.66. The lowest BCUT2D eigenvalue weighted by Crippen LogP contribution is -2.34. The Bertz CT molecular complexity index is 570. The highest BCUT2D eigenvalue weighted by Gasteiger charge is 2.22. The number of piperidine rings is 1. The summed E-state index contributed by atoms with van der Waals surface area (Å²) in [7, 11) is 0. The van der Waals surface area contributed by atoms with Crippen LogP contribution in [-0.4, -0.2) is 27.5 Å². The van der Waals surface area contributed by atoms with E-state index in [4.69, 9.17) is 5.84 Å². The fourth-order valence-corrected chi connectivity index (χ4v) is 3.04. The lowest BCUT2D eigenvalue weighted by atomic mass is 9.92. The summed E-state index contributed by atoms with van der Waals surface area (Å²) in [5.74, 6) is 7.97. The maximum atomic E-state index is 5.50. The Morgan fingerprint density at radius 2 is 2.20 bits per heavy atom. The zero-order valence-electron chi connectivity index (χ0n) is 11.9. The number of rotatable bonds is 4. The number of fused-ring (bicyclic) bond motifs is 1. The number of nitrogens with zero attached hydrogens (tertiary/aromatic N) is 4. The molecule has 3 heterocycles. The topological polar surface area (TPSA) is 71.5 Å². The molecule has 1 fully saturated rings. The van der Waals surface area contributed by atoms with Gasteiger partial charge in [-0.15, -0.1) is 0 Å². The van der Waals surface area contributed by atoms with Crippen molar-refractivity contribution in [1.29, 1.82) is 0 Å². The van der Waals surface area contributed by atoms with Gasteiger partial charge in [0.2, 0.25) is 0 Å². The van der Waals surface area contributed by atoms with Gasteiger partial charge in [-0.3, -0.25) is 0 Å². The van der Waals surface area contributed by atoms with Crippen LogP contribution in [0.1, 0.15) is 32.6 Å². The average molecular weight is 274 g/mol. The molecule has 1 aliphatic heterocycles. The first kappa shape index (κ1) is 13.2. The van der Waals surface area contributed by atoms with Crippen LogP contribution < -0.4 is 16.2 Å². The Balaban J connectivity index is 1.85. The number of nitrogen functional groups attached to an aromatic ring is 1. The number of nitrogens with one attached hydrogen (secondary N) is 1. The SMILES string of the molecule is CCCC1CCN(c2nc(NN)cn3ccnc23)CC1. The van der Waals surface area contributed by atoms with Gasteiger partial charge in [0.1, 0.15) is 0 Å². The summed E-state index contributed by atoms with van der Waals surface area (Å²) < 4.78 is 1.97. The molecule has 20 heavy (non-hydrogen) atoms. The highest BCUT2D eigenvalue weighted by atomic mass is 15.3. The molecule has 0 saturated carbocycles. The average Bonchev–Trinajstić information content (AvgIpc) is 2.95. The molecule has 3 rings (SSSR count). The van der Waals surface area contributed by atoms with E-state index >= 15 is 0 Å². The van der Waals surface area contributed by atoms with Crippen molar-refractivity contribution in [1.82, 2.24) is 14.4 Å². The van der Waals surface area contributed by atoms with E-state index in [0.29, 0.717) is 5.82 Å². The predicted molar refractivity (Wildman–Crippen MR) is 80.6 cm³/mol. The summed E-state index contributed by atoms with van der Waals surface area (Å²) in [6.45, 7) is 4.36. The summed E-state index contributed by atoms with van der Waals surface area (Å²) in [4.78, 5) is 11.3. The summed E-state index contributed by atoms with van der Waals surface area (Å²) in [6, 6.07) is 0. The Morgan fingerprint density at radius 3 is 2.90 bits per heavy atom. The Hall–Kier alpha value is -1.82. The molecule has 0 bridgehead atoms. The maximum absolute atomic E-state index is 5.50. The zero-order valence-corrected chi connectivity index (χ0v) is 11.9. The van der Waals surface area contributed by atoms with E-state index in [2.05, 4.69) is 27.2 Å². The van der Waals surface area contributed by atoms with E-state index in [9.17, 15) is 0 Å². The van der Waals surface area contributed by atoms with Crippen LogP contribution in [0.25, 0.3) is 5.65 Å². The summed E-state index contributed by atoms with van der Waals surface area (Å²) in [5.41, 5.74) is 3.53. The molecule has 0 radical (unpaired) electrons. The number of hydrogen-bond acceptors (Lipinski definition) is 5. The summed E-state index contributed by atoms with van der Waals surface area (Å²) >= 11 is 0. The van der Waals surface area contributed by atoms with Gasteiger partial charge in [0, 0.05) is 25.5 Å². The number of imidazole rings is 1.